The molecule has 116 valence electrons. The maximum atomic E-state index is 12.5. The van der Waals surface area contributed by atoms with E-state index in [2.05, 4.69) is 10.6 Å². The smallest absolute Gasteiger partial charge is 0.354 e. The molecule has 0 spiro atoms. The summed E-state index contributed by atoms with van der Waals surface area (Å²) in [5, 5.41) is 5.46. The first-order valence-electron chi connectivity index (χ1n) is 7.08. The van der Waals surface area contributed by atoms with Gasteiger partial charge in [-0.15, -0.1) is 0 Å². The van der Waals surface area contributed by atoms with Crippen molar-refractivity contribution in [1.29, 1.82) is 0 Å². The summed E-state index contributed by atoms with van der Waals surface area (Å²) in [6, 6.07) is 9.21. The summed E-state index contributed by atoms with van der Waals surface area (Å²) in [6.45, 7) is 0.310. The maximum absolute atomic E-state index is 12.5. The molecule has 1 aromatic rings. The predicted molar refractivity (Wildman–Crippen MR) is 73.7 cm³/mol. The third-order valence-electron chi connectivity index (χ3n) is 3.75. The van der Waals surface area contributed by atoms with Crippen LogP contribution in [0.5, 0.6) is 0 Å². The fourth-order valence-corrected chi connectivity index (χ4v) is 2.46. The monoisotopic (exact) mass is 300 g/mol. The molecule has 1 amide bonds. The van der Waals surface area contributed by atoms with Crippen LogP contribution in [0, 0.1) is 5.92 Å². The third kappa shape index (κ3) is 4.74. The van der Waals surface area contributed by atoms with Crippen molar-refractivity contribution in [3.63, 3.8) is 0 Å². The molecule has 1 heterocycles. The molecule has 2 rings (SSSR count). The Kier molecular flexibility index (Phi) is 5.22. The van der Waals surface area contributed by atoms with Gasteiger partial charge in [-0.2, -0.15) is 13.2 Å². The van der Waals surface area contributed by atoms with Crippen molar-refractivity contribution in [1.82, 2.24) is 10.6 Å². The SMILES string of the molecule is O=C(NCCc1ccccc1)C1CCC(C(F)(F)F)CN1. The maximum Gasteiger partial charge on any atom is 0.393 e. The molecule has 1 saturated heterocycles. The van der Waals surface area contributed by atoms with Gasteiger partial charge in [-0.1, -0.05) is 30.3 Å². The molecule has 1 aromatic carbocycles. The number of benzene rings is 1. The second-order valence-corrected chi connectivity index (χ2v) is 5.30. The summed E-state index contributed by atoms with van der Waals surface area (Å²) in [7, 11) is 0. The number of piperidine rings is 1. The number of carbonyl (C=O) groups is 1. The topological polar surface area (TPSA) is 41.1 Å². The number of hydrogen-bond acceptors (Lipinski definition) is 2. The molecule has 0 bridgehead atoms. The highest BCUT2D eigenvalue weighted by Gasteiger charge is 2.42. The van der Waals surface area contributed by atoms with E-state index in [9.17, 15) is 18.0 Å². The lowest BCUT2D eigenvalue weighted by molar-refractivity contribution is -0.180. The van der Waals surface area contributed by atoms with Crippen LogP contribution in [0.4, 0.5) is 13.2 Å². The van der Waals surface area contributed by atoms with Gasteiger partial charge in [0, 0.05) is 13.1 Å². The lowest BCUT2D eigenvalue weighted by Crippen LogP contribution is -2.51. The van der Waals surface area contributed by atoms with Gasteiger partial charge in [0.05, 0.1) is 12.0 Å². The van der Waals surface area contributed by atoms with Crippen molar-refractivity contribution >= 4 is 5.91 Å². The second-order valence-electron chi connectivity index (χ2n) is 5.30. The standard InChI is InChI=1S/C15H19F3N2O/c16-15(17,18)12-6-7-13(20-10-12)14(21)19-9-8-11-4-2-1-3-5-11/h1-5,12-13,20H,6-10H2,(H,19,21). The van der Waals surface area contributed by atoms with Crippen molar-refractivity contribution in [3.05, 3.63) is 35.9 Å². The van der Waals surface area contributed by atoms with Crippen LogP contribution < -0.4 is 10.6 Å². The summed E-state index contributed by atoms with van der Waals surface area (Å²) >= 11 is 0. The van der Waals surface area contributed by atoms with Crippen molar-refractivity contribution in [2.75, 3.05) is 13.1 Å². The zero-order valence-electron chi connectivity index (χ0n) is 11.6. The molecule has 3 nitrogen and oxygen atoms in total. The fraction of sp³-hybridized carbons (Fsp3) is 0.533. The van der Waals surface area contributed by atoms with E-state index in [4.69, 9.17) is 0 Å². The van der Waals surface area contributed by atoms with Crippen LogP contribution in [0.3, 0.4) is 0 Å². The van der Waals surface area contributed by atoms with E-state index in [1.54, 1.807) is 0 Å². The fourth-order valence-electron chi connectivity index (χ4n) is 2.46. The highest BCUT2D eigenvalue weighted by Crippen LogP contribution is 2.31. The molecule has 0 aromatic heterocycles. The minimum Gasteiger partial charge on any atom is -0.354 e. The molecule has 1 aliphatic heterocycles. The van der Waals surface area contributed by atoms with E-state index in [1.807, 2.05) is 30.3 Å². The molecule has 6 heteroatoms. The van der Waals surface area contributed by atoms with Crippen LogP contribution in [0.15, 0.2) is 30.3 Å². The van der Waals surface area contributed by atoms with Crippen LogP contribution >= 0.6 is 0 Å². The quantitative estimate of drug-likeness (QED) is 0.895. The van der Waals surface area contributed by atoms with Crippen LogP contribution in [-0.2, 0) is 11.2 Å². The Morgan fingerprint density at radius 3 is 2.52 bits per heavy atom. The molecule has 1 fully saturated rings. The molecular weight excluding hydrogens is 281 g/mol. The van der Waals surface area contributed by atoms with Gasteiger partial charge in [-0.25, -0.2) is 0 Å². The molecule has 2 N–H and O–H groups in total. The number of carbonyl (C=O) groups excluding carboxylic acids is 1. The number of halogens is 3. The van der Waals surface area contributed by atoms with Gasteiger partial charge < -0.3 is 10.6 Å². The van der Waals surface area contributed by atoms with Gasteiger partial charge in [0.2, 0.25) is 5.91 Å². The van der Waals surface area contributed by atoms with Crippen LogP contribution in [0.2, 0.25) is 0 Å². The van der Waals surface area contributed by atoms with Crippen LogP contribution in [0.25, 0.3) is 0 Å². The van der Waals surface area contributed by atoms with E-state index >= 15 is 0 Å². The average Bonchev–Trinajstić information content (AvgIpc) is 2.47. The Balaban J connectivity index is 1.70. The Labute approximate surface area is 121 Å². The first kappa shape index (κ1) is 15.8. The number of nitrogens with one attached hydrogen (secondary N) is 2. The Morgan fingerprint density at radius 2 is 1.95 bits per heavy atom. The van der Waals surface area contributed by atoms with Crippen LogP contribution in [0.1, 0.15) is 18.4 Å². The Morgan fingerprint density at radius 1 is 1.24 bits per heavy atom. The van der Waals surface area contributed by atoms with Crippen molar-refractivity contribution in [3.8, 4) is 0 Å². The van der Waals surface area contributed by atoms with Crippen LogP contribution in [-0.4, -0.2) is 31.2 Å². The van der Waals surface area contributed by atoms with Crippen molar-refractivity contribution < 1.29 is 18.0 Å². The summed E-state index contributed by atoms with van der Waals surface area (Å²) in [5.74, 6) is -1.56. The first-order valence-corrected chi connectivity index (χ1v) is 7.08. The molecule has 21 heavy (non-hydrogen) atoms. The zero-order chi connectivity index (χ0) is 15.3. The van der Waals surface area contributed by atoms with E-state index < -0.39 is 18.1 Å². The van der Waals surface area contributed by atoms with Gasteiger partial charge in [0.1, 0.15) is 0 Å². The van der Waals surface area contributed by atoms with E-state index in [0.29, 0.717) is 13.0 Å². The predicted octanol–water partition coefficient (Wildman–Crippen LogP) is 2.28. The number of amides is 1. The van der Waals surface area contributed by atoms with Gasteiger partial charge in [0.15, 0.2) is 0 Å². The molecular formula is C15H19F3N2O. The average molecular weight is 300 g/mol. The number of alkyl halides is 3. The van der Waals surface area contributed by atoms with Gasteiger partial charge in [0.25, 0.3) is 0 Å². The molecule has 1 aliphatic rings. The minimum absolute atomic E-state index is 0.00721. The summed E-state index contributed by atoms with van der Waals surface area (Å²) < 4.78 is 37.6. The highest BCUT2D eigenvalue weighted by atomic mass is 19.4. The van der Waals surface area contributed by atoms with E-state index in [-0.39, 0.29) is 25.3 Å². The Bertz CT molecular complexity index is 454. The second kappa shape index (κ2) is 6.93. The Hall–Kier alpha value is -1.56. The number of hydrogen-bond donors (Lipinski definition) is 2. The largest absolute Gasteiger partial charge is 0.393 e. The summed E-state index contributed by atoms with van der Waals surface area (Å²) in [6.07, 6.45) is -3.24. The highest BCUT2D eigenvalue weighted by molar-refractivity contribution is 5.81. The minimum atomic E-state index is -4.18. The number of rotatable bonds is 4. The first-order chi connectivity index (χ1) is 9.97. The normalized spacial score (nSPS) is 22.8. The lowest BCUT2D eigenvalue weighted by Gasteiger charge is -2.30. The lowest BCUT2D eigenvalue weighted by atomic mass is 9.94. The van der Waals surface area contributed by atoms with Crippen molar-refractivity contribution in [2.45, 2.75) is 31.5 Å². The van der Waals surface area contributed by atoms with Gasteiger partial charge in [-0.3, -0.25) is 4.79 Å². The summed E-state index contributed by atoms with van der Waals surface area (Å²) in [5.41, 5.74) is 1.12. The van der Waals surface area contributed by atoms with Gasteiger partial charge in [-0.05, 0) is 24.8 Å². The molecule has 0 saturated carbocycles. The molecule has 2 unspecified atom stereocenters. The zero-order valence-corrected chi connectivity index (χ0v) is 11.6. The molecule has 2 atom stereocenters. The summed E-state index contributed by atoms with van der Waals surface area (Å²) in [4.78, 5) is 11.9. The van der Waals surface area contributed by atoms with Gasteiger partial charge >= 0.3 is 6.18 Å². The molecule has 0 radical (unpaired) electrons. The third-order valence-corrected chi connectivity index (χ3v) is 3.75. The van der Waals surface area contributed by atoms with Crippen molar-refractivity contribution in [2.24, 2.45) is 5.92 Å². The van der Waals surface area contributed by atoms with E-state index in [1.165, 1.54) is 0 Å². The molecule has 0 aliphatic carbocycles. The van der Waals surface area contributed by atoms with E-state index in [0.717, 1.165) is 5.56 Å².